The van der Waals surface area contributed by atoms with Crippen molar-refractivity contribution in [3.63, 3.8) is 0 Å². The number of carbonyl (C=O) groups excluding carboxylic acids is 1. The van der Waals surface area contributed by atoms with E-state index in [1.807, 2.05) is 0 Å². The molecule has 0 radical (unpaired) electrons. The molecule has 0 aromatic heterocycles. The Morgan fingerprint density at radius 1 is 0.871 bits per heavy atom. The Kier molecular flexibility index (Phi) is 24.3. The first-order valence-corrected chi connectivity index (χ1v) is 12.8. The predicted octanol–water partition coefficient (Wildman–Crippen LogP) is 5.76. The van der Waals surface area contributed by atoms with Gasteiger partial charge in [0.05, 0.1) is 26.7 Å². The largest absolute Gasteiger partial charge is 0.550 e. The minimum absolute atomic E-state index is 0.213. The molecule has 0 amide bonds. The van der Waals surface area contributed by atoms with E-state index in [0.29, 0.717) is 0 Å². The third-order valence-corrected chi connectivity index (χ3v) is 6.17. The lowest BCUT2D eigenvalue weighted by Crippen LogP contribution is -2.47. The van der Waals surface area contributed by atoms with Crippen LogP contribution in [0.3, 0.4) is 0 Å². The lowest BCUT2D eigenvalue weighted by Gasteiger charge is -2.35. The molecule has 0 aliphatic rings. The van der Waals surface area contributed by atoms with Crippen LogP contribution < -0.4 is 10.8 Å². The van der Waals surface area contributed by atoms with Gasteiger partial charge >= 0.3 is 0 Å². The van der Waals surface area contributed by atoms with Gasteiger partial charge in [-0.3, -0.25) is 0 Å². The molecule has 1 atom stereocenters. The number of allylic oxidation sites excluding steroid dienone is 4. The second-order valence-corrected chi connectivity index (χ2v) is 9.23. The van der Waals surface area contributed by atoms with Crippen LogP contribution in [0.4, 0.5) is 0 Å². The summed E-state index contributed by atoms with van der Waals surface area (Å²) in [6.45, 7) is 8.80. The summed E-state index contributed by atoms with van der Waals surface area (Å²) in [5, 5.41) is 10.2. The first-order chi connectivity index (χ1) is 14.8. The Labute approximate surface area is 194 Å². The molecule has 0 aromatic rings. The van der Waals surface area contributed by atoms with Crippen molar-refractivity contribution in [2.24, 2.45) is 5.73 Å². The number of hydrogen-bond acceptors (Lipinski definition) is 3. The number of quaternary nitrogens is 1. The minimum Gasteiger partial charge on any atom is -0.550 e. The van der Waals surface area contributed by atoms with Gasteiger partial charge < -0.3 is 20.1 Å². The monoisotopic (exact) mass is 438 g/mol. The number of rotatable bonds is 19. The molecule has 0 aliphatic carbocycles. The van der Waals surface area contributed by atoms with Crippen molar-refractivity contribution < 1.29 is 14.4 Å². The summed E-state index contributed by atoms with van der Waals surface area (Å²) in [6, 6.07) is 0.739. The van der Waals surface area contributed by atoms with Crippen molar-refractivity contribution in [2.75, 3.05) is 27.2 Å². The van der Waals surface area contributed by atoms with E-state index in [2.05, 4.69) is 59.2 Å². The molecule has 4 heteroatoms. The number of hydrogen-bond donors (Lipinski definition) is 1. The molecule has 0 rings (SSSR count). The molecule has 0 heterocycles. The second-order valence-electron chi connectivity index (χ2n) is 9.23. The highest BCUT2D eigenvalue weighted by atomic mass is 16.4. The number of carboxylic acid groups (broad SMARTS) is 1. The van der Waals surface area contributed by atoms with Gasteiger partial charge in [0.1, 0.15) is 0 Å². The highest BCUT2D eigenvalue weighted by molar-refractivity contribution is 5.64. The Bertz CT molecular complexity index is 445. The van der Waals surface area contributed by atoms with Crippen LogP contribution >= 0.6 is 0 Å². The number of aliphatic carboxylic acids is 1. The molecule has 31 heavy (non-hydrogen) atoms. The summed E-state index contributed by atoms with van der Waals surface area (Å²) in [4.78, 5) is 10.2. The number of carboxylic acids is 1. The number of unbranched alkanes of at least 4 members (excludes halogenated alkanes) is 8. The average Bonchev–Trinajstić information content (AvgIpc) is 2.74. The van der Waals surface area contributed by atoms with Crippen LogP contribution in [-0.4, -0.2) is 43.7 Å². The van der Waals surface area contributed by atoms with Gasteiger partial charge in [0.25, 0.3) is 0 Å². The number of carbonyl (C=O) groups is 1. The van der Waals surface area contributed by atoms with Crippen molar-refractivity contribution in [1.82, 2.24) is 0 Å². The van der Waals surface area contributed by atoms with E-state index in [-0.39, 0.29) is 6.42 Å². The summed E-state index contributed by atoms with van der Waals surface area (Å²) in [6.07, 6.45) is 24.3. The van der Waals surface area contributed by atoms with E-state index >= 15 is 0 Å². The Hall–Kier alpha value is -1.13. The summed E-state index contributed by atoms with van der Waals surface area (Å²) in [5.74, 6) is -0.921. The number of nitrogens with zero attached hydrogens (tertiary/aromatic N) is 1. The Balaban J connectivity index is 0. The molecule has 0 aliphatic heterocycles. The van der Waals surface area contributed by atoms with Crippen molar-refractivity contribution in [3.8, 4) is 0 Å². The molecular formula is C27H54N2O2. The van der Waals surface area contributed by atoms with Crippen molar-refractivity contribution >= 4 is 5.97 Å². The zero-order chi connectivity index (χ0) is 23.8. The standard InChI is InChI=1S/C18H32O2.C9H23N2/c1-2-3-4-5-6-7-8-9-10-11-12-13-14-15-16-17-18(19)20;1-5-11(3,4)9(2)7-6-8-10/h6-7,9-10H,2-5,8,11-17H2,1H3,(H,19,20);9H,5-8,10H2,1-4H3/q;+1/p-1/b7-6-,10-9-;. The summed E-state index contributed by atoms with van der Waals surface area (Å²) < 4.78 is 1.11. The molecule has 184 valence electrons. The first kappa shape index (κ1) is 32.1. The highest BCUT2D eigenvalue weighted by Crippen LogP contribution is 2.11. The molecule has 4 nitrogen and oxygen atoms in total. The van der Waals surface area contributed by atoms with Crippen molar-refractivity contribution in [3.05, 3.63) is 24.3 Å². The molecule has 0 bridgehead atoms. The van der Waals surface area contributed by atoms with E-state index in [9.17, 15) is 9.90 Å². The summed E-state index contributed by atoms with van der Waals surface area (Å²) in [5.41, 5.74) is 5.45. The van der Waals surface area contributed by atoms with E-state index < -0.39 is 5.97 Å². The second kappa shape index (κ2) is 23.5. The smallest absolute Gasteiger partial charge is 0.0858 e. The van der Waals surface area contributed by atoms with Gasteiger partial charge in [-0.2, -0.15) is 0 Å². The molecule has 0 aromatic carbocycles. The maximum atomic E-state index is 10.2. The third-order valence-electron chi connectivity index (χ3n) is 6.17. The minimum atomic E-state index is -0.921. The molecular weight excluding hydrogens is 384 g/mol. The van der Waals surface area contributed by atoms with Crippen LogP contribution in [0.5, 0.6) is 0 Å². The SMILES string of the molecule is CCCCC/C=C\C/C=C\CCCCCCCC(=O)[O-].CC[N+](C)(C)C(C)CCCN. The predicted molar refractivity (Wildman–Crippen MR) is 135 cm³/mol. The van der Waals surface area contributed by atoms with Crippen molar-refractivity contribution in [2.45, 2.75) is 117 Å². The van der Waals surface area contributed by atoms with Gasteiger partial charge in [-0.1, -0.05) is 63.3 Å². The van der Waals surface area contributed by atoms with Crippen LogP contribution in [0.15, 0.2) is 24.3 Å². The molecule has 0 saturated carbocycles. The van der Waals surface area contributed by atoms with E-state index in [1.165, 1.54) is 51.5 Å². The van der Waals surface area contributed by atoms with Crippen LogP contribution in [0.2, 0.25) is 0 Å². The van der Waals surface area contributed by atoms with Gasteiger partial charge in [0.2, 0.25) is 0 Å². The van der Waals surface area contributed by atoms with Crippen LogP contribution in [0.25, 0.3) is 0 Å². The lowest BCUT2D eigenvalue weighted by molar-refractivity contribution is -0.911. The fourth-order valence-corrected chi connectivity index (χ4v) is 3.16. The maximum absolute atomic E-state index is 10.2. The maximum Gasteiger partial charge on any atom is 0.0858 e. The van der Waals surface area contributed by atoms with Gasteiger partial charge in [0.15, 0.2) is 0 Å². The fraction of sp³-hybridized carbons (Fsp3) is 0.815. The first-order valence-electron chi connectivity index (χ1n) is 12.8. The van der Waals surface area contributed by atoms with Gasteiger partial charge in [0, 0.05) is 12.4 Å². The van der Waals surface area contributed by atoms with E-state index in [4.69, 9.17) is 5.73 Å². The molecule has 0 fully saturated rings. The molecule has 0 spiro atoms. The van der Waals surface area contributed by atoms with E-state index in [1.54, 1.807) is 0 Å². The normalized spacial score (nSPS) is 12.8. The average molecular weight is 439 g/mol. The summed E-state index contributed by atoms with van der Waals surface area (Å²) >= 11 is 0. The van der Waals surface area contributed by atoms with Crippen LogP contribution in [0, 0.1) is 0 Å². The quantitative estimate of drug-likeness (QED) is 0.158. The lowest BCUT2D eigenvalue weighted by atomic mass is 10.1. The van der Waals surface area contributed by atoms with Gasteiger partial charge in [-0.05, 0) is 71.8 Å². The molecule has 2 N–H and O–H groups in total. The zero-order valence-electron chi connectivity index (χ0n) is 21.5. The Morgan fingerprint density at radius 2 is 1.42 bits per heavy atom. The summed E-state index contributed by atoms with van der Waals surface area (Å²) in [7, 11) is 4.56. The zero-order valence-corrected chi connectivity index (χ0v) is 21.5. The number of nitrogens with two attached hydrogens (primary N) is 1. The highest BCUT2D eigenvalue weighted by Gasteiger charge is 2.20. The topological polar surface area (TPSA) is 66.1 Å². The van der Waals surface area contributed by atoms with Crippen LogP contribution in [-0.2, 0) is 4.79 Å². The Morgan fingerprint density at radius 3 is 1.94 bits per heavy atom. The fourth-order valence-electron chi connectivity index (χ4n) is 3.16. The third kappa shape index (κ3) is 25.0. The molecule has 1 unspecified atom stereocenters. The molecule has 0 saturated heterocycles. The van der Waals surface area contributed by atoms with Gasteiger partial charge in [-0.15, -0.1) is 0 Å². The van der Waals surface area contributed by atoms with E-state index in [0.717, 1.165) is 55.6 Å². The van der Waals surface area contributed by atoms with Gasteiger partial charge in [-0.25, -0.2) is 0 Å². The van der Waals surface area contributed by atoms with Crippen molar-refractivity contribution in [1.29, 1.82) is 0 Å². The van der Waals surface area contributed by atoms with Crippen LogP contribution in [0.1, 0.15) is 111 Å².